The number of hydrogen-bond donors (Lipinski definition) is 2. The molecule has 2 aromatic rings. The summed E-state index contributed by atoms with van der Waals surface area (Å²) in [6.07, 6.45) is 3.40. The summed E-state index contributed by atoms with van der Waals surface area (Å²) in [4.78, 5) is 21.0. The van der Waals surface area contributed by atoms with Gasteiger partial charge in [-0.25, -0.2) is 4.98 Å². The Hall–Kier alpha value is -2.30. The zero-order valence-electron chi connectivity index (χ0n) is 11.0. The molecule has 0 saturated carbocycles. The number of benzene rings is 1. The number of phenolic OH excluding ortho intramolecular Hbond substituents is 1. The number of carbonyl (C=O) groups excluding carboxylic acids is 1. The summed E-state index contributed by atoms with van der Waals surface area (Å²) in [6.45, 7) is 2.31. The van der Waals surface area contributed by atoms with E-state index in [-0.39, 0.29) is 17.6 Å². The fourth-order valence-electron chi connectivity index (χ4n) is 1.92. The minimum atomic E-state index is -0.249. The van der Waals surface area contributed by atoms with E-state index in [4.69, 9.17) is 0 Å². The van der Waals surface area contributed by atoms with Gasteiger partial charge in [-0.1, -0.05) is 12.1 Å². The second-order valence-corrected chi connectivity index (χ2v) is 4.54. The molecule has 19 heavy (non-hydrogen) atoms. The van der Waals surface area contributed by atoms with E-state index in [0.29, 0.717) is 6.54 Å². The molecule has 1 unspecified atom stereocenters. The molecule has 5 heteroatoms. The van der Waals surface area contributed by atoms with Gasteiger partial charge in [0, 0.05) is 19.4 Å². The number of rotatable bonds is 4. The predicted molar refractivity (Wildman–Crippen MR) is 71.6 cm³/mol. The molecule has 0 radical (unpaired) electrons. The fourth-order valence-corrected chi connectivity index (χ4v) is 1.92. The molecule has 0 aliphatic rings. The van der Waals surface area contributed by atoms with Crippen LogP contribution in [0.5, 0.6) is 5.75 Å². The van der Waals surface area contributed by atoms with Crippen LogP contribution in [0.15, 0.2) is 36.7 Å². The molecule has 0 spiro atoms. The molecule has 0 bridgehead atoms. The van der Waals surface area contributed by atoms with E-state index >= 15 is 0 Å². The summed E-state index contributed by atoms with van der Waals surface area (Å²) < 4.78 is 0. The van der Waals surface area contributed by atoms with Gasteiger partial charge in [-0.2, -0.15) is 0 Å². The molecule has 0 fully saturated rings. The summed E-state index contributed by atoms with van der Waals surface area (Å²) in [5.41, 5.74) is 0.883. The monoisotopic (exact) mass is 259 g/mol. The number of aromatic amines is 1. The maximum Gasteiger partial charge on any atom is 0.229 e. The second kappa shape index (κ2) is 5.56. The van der Waals surface area contributed by atoms with Gasteiger partial charge in [-0.3, -0.25) is 4.79 Å². The molecule has 1 amide bonds. The number of likely N-dealkylation sites (N-methyl/N-ethyl adjacent to an activating group) is 1. The van der Waals surface area contributed by atoms with E-state index in [1.54, 1.807) is 48.6 Å². The third kappa shape index (κ3) is 3.13. The quantitative estimate of drug-likeness (QED) is 0.880. The number of aromatic hydroxyl groups is 1. The number of amides is 1. The molecule has 1 atom stereocenters. The van der Waals surface area contributed by atoms with Crippen molar-refractivity contribution in [1.29, 1.82) is 0 Å². The maximum atomic E-state index is 12.3. The number of aromatic nitrogens is 2. The lowest BCUT2D eigenvalue weighted by molar-refractivity contribution is -0.131. The summed E-state index contributed by atoms with van der Waals surface area (Å²) in [7, 11) is 1.75. The number of imidazole rings is 1. The largest absolute Gasteiger partial charge is 0.508 e. The Morgan fingerprint density at radius 1 is 1.42 bits per heavy atom. The molecule has 2 N–H and O–H groups in total. The van der Waals surface area contributed by atoms with E-state index in [2.05, 4.69) is 9.97 Å². The van der Waals surface area contributed by atoms with Crippen LogP contribution in [-0.4, -0.2) is 32.9 Å². The summed E-state index contributed by atoms with van der Waals surface area (Å²) in [5, 5.41) is 9.25. The molecule has 0 aliphatic carbocycles. The molecule has 2 rings (SSSR count). The van der Waals surface area contributed by atoms with Crippen molar-refractivity contribution in [2.45, 2.75) is 19.4 Å². The molecular weight excluding hydrogens is 242 g/mol. The lowest BCUT2D eigenvalue weighted by Crippen LogP contribution is -2.30. The minimum Gasteiger partial charge on any atom is -0.508 e. The number of nitrogens with zero attached hydrogens (tertiary/aromatic N) is 2. The highest BCUT2D eigenvalue weighted by Crippen LogP contribution is 2.20. The molecule has 100 valence electrons. The highest BCUT2D eigenvalue weighted by atomic mass is 16.3. The SMILES string of the molecule is CC(C(=O)N(C)Cc1ncc[nH]1)c1ccc(O)cc1. The first-order valence-corrected chi connectivity index (χ1v) is 6.10. The van der Waals surface area contributed by atoms with Gasteiger partial charge in [-0.15, -0.1) is 0 Å². The number of H-pyrrole nitrogens is 1. The van der Waals surface area contributed by atoms with E-state index in [1.165, 1.54) is 0 Å². The molecule has 0 aliphatic heterocycles. The van der Waals surface area contributed by atoms with Gasteiger partial charge < -0.3 is 15.0 Å². The first-order chi connectivity index (χ1) is 9.08. The van der Waals surface area contributed by atoms with Crippen LogP contribution in [0.1, 0.15) is 24.2 Å². The average Bonchev–Trinajstić information content (AvgIpc) is 2.90. The molecule has 1 aromatic heterocycles. The van der Waals surface area contributed by atoms with Crippen LogP contribution in [-0.2, 0) is 11.3 Å². The highest BCUT2D eigenvalue weighted by molar-refractivity contribution is 5.83. The van der Waals surface area contributed by atoms with Gasteiger partial charge in [-0.05, 0) is 24.6 Å². The van der Waals surface area contributed by atoms with Crippen molar-refractivity contribution in [3.63, 3.8) is 0 Å². The molecule has 5 nitrogen and oxygen atoms in total. The number of carbonyl (C=O) groups is 1. The fraction of sp³-hybridized carbons (Fsp3) is 0.286. The number of phenols is 1. The van der Waals surface area contributed by atoms with Crippen LogP contribution in [0.2, 0.25) is 0 Å². The third-order valence-electron chi connectivity index (χ3n) is 3.08. The van der Waals surface area contributed by atoms with Crippen molar-refractivity contribution in [1.82, 2.24) is 14.9 Å². The Kier molecular flexibility index (Phi) is 3.85. The first-order valence-electron chi connectivity index (χ1n) is 6.10. The van der Waals surface area contributed by atoms with E-state index in [0.717, 1.165) is 11.4 Å². The van der Waals surface area contributed by atoms with Crippen molar-refractivity contribution in [3.8, 4) is 5.75 Å². The molecular formula is C14H17N3O2. The van der Waals surface area contributed by atoms with Crippen molar-refractivity contribution < 1.29 is 9.90 Å². The number of hydrogen-bond acceptors (Lipinski definition) is 3. The van der Waals surface area contributed by atoms with Crippen molar-refractivity contribution >= 4 is 5.91 Å². The van der Waals surface area contributed by atoms with Crippen molar-refractivity contribution in [3.05, 3.63) is 48.0 Å². The summed E-state index contributed by atoms with van der Waals surface area (Å²) in [6, 6.07) is 6.70. The van der Waals surface area contributed by atoms with E-state index < -0.39 is 0 Å². The van der Waals surface area contributed by atoms with Crippen LogP contribution < -0.4 is 0 Å². The first kappa shape index (κ1) is 13.1. The van der Waals surface area contributed by atoms with Gasteiger partial charge in [0.15, 0.2) is 0 Å². The normalized spacial score (nSPS) is 12.1. The molecule has 1 heterocycles. The van der Waals surface area contributed by atoms with Gasteiger partial charge >= 0.3 is 0 Å². The van der Waals surface area contributed by atoms with Gasteiger partial charge in [0.1, 0.15) is 11.6 Å². The lowest BCUT2D eigenvalue weighted by atomic mass is 10.00. The predicted octanol–water partition coefficient (Wildman–Crippen LogP) is 1.88. The van der Waals surface area contributed by atoms with Crippen LogP contribution in [0.3, 0.4) is 0 Å². The van der Waals surface area contributed by atoms with E-state index in [1.807, 2.05) is 6.92 Å². The van der Waals surface area contributed by atoms with Crippen molar-refractivity contribution in [2.75, 3.05) is 7.05 Å². The smallest absolute Gasteiger partial charge is 0.229 e. The lowest BCUT2D eigenvalue weighted by Gasteiger charge is -2.20. The van der Waals surface area contributed by atoms with Gasteiger partial charge in [0.05, 0.1) is 12.5 Å². The van der Waals surface area contributed by atoms with Gasteiger partial charge in [0.2, 0.25) is 5.91 Å². The Balaban J connectivity index is 2.04. The van der Waals surface area contributed by atoms with Crippen molar-refractivity contribution in [2.24, 2.45) is 0 Å². The minimum absolute atomic E-state index is 0.0158. The Labute approximate surface area is 111 Å². The maximum absolute atomic E-state index is 12.3. The summed E-state index contributed by atoms with van der Waals surface area (Å²) >= 11 is 0. The Bertz CT molecular complexity index is 534. The van der Waals surface area contributed by atoms with Crippen LogP contribution >= 0.6 is 0 Å². The average molecular weight is 259 g/mol. The van der Waals surface area contributed by atoms with Crippen LogP contribution in [0.25, 0.3) is 0 Å². The number of nitrogens with one attached hydrogen (secondary N) is 1. The van der Waals surface area contributed by atoms with Crippen LogP contribution in [0.4, 0.5) is 0 Å². The van der Waals surface area contributed by atoms with Crippen LogP contribution in [0, 0.1) is 0 Å². The zero-order valence-corrected chi connectivity index (χ0v) is 11.0. The van der Waals surface area contributed by atoms with E-state index in [9.17, 15) is 9.90 Å². The molecule has 1 aromatic carbocycles. The topological polar surface area (TPSA) is 69.2 Å². The zero-order chi connectivity index (χ0) is 13.8. The Morgan fingerprint density at radius 3 is 2.68 bits per heavy atom. The molecule has 0 saturated heterocycles. The second-order valence-electron chi connectivity index (χ2n) is 4.54. The standard InChI is InChI=1S/C14H17N3O2/c1-10(11-3-5-12(18)6-4-11)14(19)17(2)9-13-15-7-8-16-13/h3-8,10,18H,9H2,1-2H3,(H,15,16). The highest BCUT2D eigenvalue weighted by Gasteiger charge is 2.19. The third-order valence-corrected chi connectivity index (χ3v) is 3.08. The van der Waals surface area contributed by atoms with Gasteiger partial charge in [0.25, 0.3) is 0 Å². The Morgan fingerprint density at radius 2 is 2.11 bits per heavy atom. The summed E-state index contributed by atoms with van der Waals surface area (Å²) in [5.74, 6) is 0.726.